The topological polar surface area (TPSA) is 58.0 Å². The maximum absolute atomic E-state index is 11.8. The maximum atomic E-state index is 11.8. The molecule has 2 rings (SSSR count). The van der Waals surface area contributed by atoms with E-state index in [-0.39, 0.29) is 11.6 Å². The lowest BCUT2D eigenvalue weighted by Gasteiger charge is -2.26. The van der Waals surface area contributed by atoms with Crippen LogP contribution < -0.4 is 10.7 Å². The van der Waals surface area contributed by atoms with Gasteiger partial charge in [0.2, 0.25) is 0 Å². The van der Waals surface area contributed by atoms with Gasteiger partial charge in [-0.25, -0.2) is 4.98 Å². The lowest BCUT2D eigenvalue weighted by atomic mass is 9.95. The van der Waals surface area contributed by atoms with Crippen LogP contribution in [-0.4, -0.2) is 15.8 Å². The molecule has 1 saturated carbocycles. The van der Waals surface area contributed by atoms with Crippen LogP contribution in [0.3, 0.4) is 0 Å². The first-order valence-corrected chi connectivity index (χ1v) is 6.79. The molecule has 0 radical (unpaired) electrons. The minimum absolute atomic E-state index is 0.198. The first kappa shape index (κ1) is 11.5. The molecule has 88 valence electrons. The fourth-order valence-corrected chi connectivity index (χ4v) is 2.89. The van der Waals surface area contributed by atoms with Gasteiger partial charge in [0, 0.05) is 12.1 Å². The molecule has 0 unspecified atom stereocenters. The molecular weight excluding hydrogens is 224 g/mol. The molecule has 1 aromatic rings. The van der Waals surface area contributed by atoms with Crippen molar-refractivity contribution in [3.63, 3.8) is 0 Å². The zero-order valence-electron chi connectivity index (χ0n) is 9.31. The van der Waals surface area contributed by atoms with Crippen molar-refractivity contribution in [1.82, 2.24) is 9.55 Å². The second-order valence-corrected chi connectivity index (χ2v) is 4.85. The van der Waals surface area contributed by atoms with Gasteiger partial charge in [0.15, 0.2) is 5.16 Å². The van der Waals surface area contributed by atoms with Gasteiger partial charge in [-0.15, -0.1) is 0 Å². The predicted octanol–water partition coefficient (Wildman–Crippen LogP) is 1.54. The number of thioether (sulfide) groups is 1. The van der Waals surface area contributed by atoms with Gasteiger partial charge in [-0.3, -0.25) is 9.36 Å². The van der Waals surface area contributed by atoms with Crippen molar-refractivity contribution >= 4 is 11.8 Å². The molecular formula is C11H15N2O2S-. The second kappa shape index (κ2) is 4.91. The molecule has 1 heterocycles. The fraction of sp³-hybridized carbons (Fsp3) is 0.636. The number of hydrogen-bond donors (Lipinski definition) is 0. The summed E-state index contributed by atoms with van der Waals surface area (Å²) in [7, 11) is 0. The van der Waals surface area contributed by atoms with E-state index in [4.69, 9.17) is 0 Å². The summed E-state index contributed by atoms with van der Waals surface area (Å²) in [6.45, 7) is 0. The summed E-state index contributed by atoms with van der Waals surface area (Å²) >= 11 is 1.37. The highest BCUT2D eigenvalue weighted by molar-refractivity contribution is 7.98. The zero-order chi connectivity index (χ0) is 11.5. The molecule has 0 N–H and O–H groups in total. The van der Waals surface area contributed by atoms with Crippen molar-refractivity contribution in [2.45, 2.75) is 43.3 Å². The van der Waals surface area contributed by atoms with E-state index < -0.39 is 5.88 Å². The third-order valence-electron chi connectivity index (χ3n) is 3.02. The fourth-order valence-electron chi connectivity index (χ4n) is 2.27. The Morgan fingerprint density at radius 3 is 2.75 bits per heavy atom. The Labute approximate surface area is 98.7 Å². The van der Waals surface area contributed by atoms with Crippen molar-refractivity contribution in [3.8, 4) is 5.88 Å². The highest BCUT2D eigenvalue weighted by atomic mass is 32.2. The second-order valence-electron chi connectivity index (χ2n) is 4.08. The third kappa shape index (κ3) is 2.24. The van der Waals surface area contributed by atoms with Crippen LogP contribution in [-0.2, 0) is 0 Å². The molecule has 1 aromatic heterocycles. The summed E-state index contributed by atoms with van der Waals surface area (Å²) in [5.41, 5.74) is -0.198. The minimum Gasteiger partial charge on any atom is -0.858 e. The van der Waals surface area contributed by atoms with Gasteiger partial charge < -0.3 is 5.11 Å². The van der Waals surface area contributed by atoms with Gasteiger partial charge in [-0.2, -0.15) is 0 Å². The molecule has 0 spiro atoms. The van der Waals surface area contributed by atoms with Gasteiger partial charge in [0.1, 0.15) is 0 Å². The number of hydrogen-bond acceptors (Lipinski definition) is 4. The Morgan fingerprint density at radius 1 is 1.44 bits per heavy atom. The summed E-state index contributed by atoms with van der Waals surface area (Å²) in [4.78, 5) is 15.7. The highest BCUT2D eigenvalue weighted by Crippen LogP contribution is 2.29. The average Bonchev–Trinajstić information content (AvgIpc) is 2.29. The molecule has 16 heavy (non-hydrogen) atoms. The monoisotopic (exact) mass is 239 g/mol. The summed E-state index contributed by atoms with van der Waals surface area (Å²) in [6.07, 6.45) is 7.45. The van der Waals surface area contributed by atoms with E-state index in [1.54, 1.807) is 4.57 Å². The summed E-state index contributed by atoms with van der Waals surface area (Å²) in [5.74, 6) is -0.429. The molecule has 0 aromatic carbocycles. The molecule has 0 bridgehead atoms. The SMILES string of the molecule is CSc1nc([O-])cc(=O)n1C1CCCCC1. The van der Waals surface area contributed by atoms with E-state index in [1.807, 2.05) is 6.26 Å². The van der Waals surface area contributed by atoms with Crippen LogP contribution in [0.1, 0.15) is 38.1 Å². The van der Waals surface area contributed by atoms with E-state index in [0.717, 1.165) is 31.7 Å². The molecule has 1 fully saturated rings. The zero-order valence-corrected chi connectivity index (χ0v) is 10.1. The number of rotatable bonds is 2. The van der Waals surface area contributed by atoms with Crippen molar-refractivity contribution in [1.29, 1.82) is 0 Å². The minimum atomic E-state index is -0.429. The normalized spacial score (nSPS) is 17.6. The average molecular weight is 239 g/mol. The summed E-state index contributed by atoms with van der Waals surface area (Å²) in [5, 5.41) is 11.7. The molecule has 5 heteroatoms. The van der Waals surface area contributed by atoms with Crippen LogP contribution in [0.4, 0.5) is 0 Å². The first-order chi connectivity index (χ1) is 7.72. The molecule has 0 atom stereocenters. The van der Waals surface area contributed by atoms with E-state index in [9.17, 15) is 9.90 Å². The molecule has 4 nitrogen and oxygen atoms in total. The predicted molar refractivity (Wildman–Crippen MR) is 61.8 cm³/mol. The Kier molecular flexibility index (Phi) is 3.53. The highest BCUT2D eigenvalue weighted by Gasteiger charge is 2.19. The molecule has 0 saturated heterocycles. The van der Waals surface area contributed by atoms with Crippen molar-refractivity contribution in [3.05, 3.63) is 16.4 Å². The Hall–Kier alpha value is -0.970. The van der Waals surface area contributed by atoms with E-state index in [1.165, 1.54) is 18.2 Å². The van der Waals surface area contributed by atoms with Gasteiger partial charge in [-0.1, -0.05) is 31.0 Å². The summed E-state index contributed by atoms with van der Waals surface area (Å²) in [6, 6.07) is 1.32. The lowest BCUT2D eigenvalue weighted by molar-refractivity contribution is -0.276. The van der Waals surface area contributed by atoms with Crippen LogP contribution in [0.5, 0.6) is 5.88 Å². The smallest absolute Gasteiger partial charge is 0.253 e. The Morgan fingerprint density at radius 2 is 2.12 bits per heavy atom. The van der Waals surface area contributed by atoms with Crippen LogP contribution in [0.15, 0.2) is 16.0 Å². The van der Waals surface area contributed by atoms with Gasteiger partial charge in [-0.05, 0) is 25.0 Å². The van der Waals surface area contributed by atoms with Gasteiger partial charge in [0.05, 0.1) is 0 Å². The first-order valence-electron chi connectivity index (χ1n) is 5.57. The van der Waals surface area contributed by atoms with Crippen LogP contribution in [0.25, 0.3) is 0 Å². The molecule has 1 aliphatic rings. The van der Waals surface area contributed by atoms with Crippen LogP contribution in [0.2, 0.25) is 0 Å². The quantitative estimate of drug-likeness (QED) is 0.580. The van der Waals surface area contributed by atoms with E-state index in [0.29, 0.717) is 5.16 Å². The largest absolute Gasteiger partial charge is 0.858 e. The van der Waals surface area contributed by atoms with Crippen LogP contribution in [0, 0.1) is 0 Å². The standard InChI is InChI=1S/C11H16N2O2S/c1-16-11-12-9(14)7-10(15)13(11)8-5-3-2-4-6-8/h7-8,14H,2-6H2,1H3/p-1. The molecule has 0 aliphatic heterocycles. The maximum Gasteiger partial charge on any atom is 0.253 e. The Bertz CT molecular complexity index is 424. The van der Waals surface area contributed by atoms with Crippen LogP contribution >= 0.6 is 11.8 Å². The van der Waals surface area contributed by atoms with Crippen molar-refractivity contribution < 1.29 is 5.11 Å². The van der Waals surface area contributed by atoms with Crippen molar-refractivity contribution in [2.75, 3.05) is 6.26 Å². The van der Waals surface area contributed by atoms with Gasteiger partial charge in [0.25, 0.3) is 5.56 Å². The summed E-state index contributed by atoms with van der Waals surface area (Å²) < 4.78 is 1.70. The van der Waals surface area contributed by atoms with E-state index in [2.05, 4.69) is 4.98 Å². The number of aromatic nitrogens is 2. The van der Waals surface area contributed by atoms with Crippen molar-refractivity contribution in [2.24, 2.45) is 0 Å². The lowest BCUT2D eigenvalue weighted by Crippen LogP contribution is -2.28. The van der Waals surface area contributed by atoms with E-state index >= 15 is 0 Å². The third-order valence-corrected chi connectivity index (χ3v) is 3.67. The Balaban J connectivity index is 2.41. The number of nitrogens with zero attached hydrogens (tertiary/aromatic N) is 2. The molecule has 1 aliphatic carbocycles. The van der Waals surface area contributed by atoms with Gasteiger partial charge >= 0.3 is 0 Å². The molecule has 0 amide bonds.